The number of hydrogen-bond acceptors (Lipinski definition) is 4. The molecule has 144 valence electrons. The van der Waals surface area contributed by atoms with Crippen LogP contribution >= 0.6 is 0 Å². The highest BCUT2D eigenvalue weighted by molar-refractivity contribution is 6.20. The zero-order chi connectivity index (χ0) is 19.3. The monoisotopic (exact) mass is 377 g/mol. The minimum atomic E-state index is -0.193. The molecule has 1 saturated heterocycles. The SMILES string of the molecule is O=C(CN1C(=O)CN=C(c2ccccc2)c2ccccc21)NCC1CCCO1. The molecule has 6 nitrogen and oxygen atoms in total. The largest absolute Gasteiger partial charge is 0.376 e. The fraction of sp³-hybridized carbons (Fsp3) is 0.318. The van der Waals surface area contributed by atoms with Crippen LogP contribution in [0.2, 0.25) is 0 Å². The van der Waals surface area contributed by atoms with Crippen molar-refractivity contribution < 1.29 is 14.3 Å². The van der Waals surface area contributed by atoms with E-state index in [1.807, 2.05) is 54.6 Å². The normalized spacial score (nSPS) is 19.0. The van der Waals surface area contributed by atoms with Gasteiger partial charge in [0, 0.05) is 24.3 Å². The lowest BCUT2D eigenvalue weighted by atomic mass is 10.0. The van der Waals surface area contributed by atoms with E-state index in [0.29, 0.717) is 12.2 Å². The van der Waals surface area contributed by atoms with Gasteiger partial charge in [-0.2, -0.15) is 0 Å². The quantitative estimate of drug-likeness (QED) is 0.868. The Labute approximate surface area is 164 Å². The molecule has 0 radical (unpaired) electrons. The van der Waals surface area contributed by atoms with Crippen molar-refractivity contribution in [1.29, 1.82) is 0 Å². The number of rotatable bonds is 5. The van der Waals surface area contributed by atoms with Crippen molar-refractivity contribution in [2.45, 2.75) is 18.9 Å². The number of amides is 2. The molecule has 2 aromatic carbocycles. The number of ether oxygens (including phenoxy) is 1. The number of benzene rings is 2. The summed E-state index contributed by atoms with van der Waals surface area (Å²) in [6.45, 7) is 1.21. The van der Waals surface area contributed by atoms with E-state index >= 15 is 0 Å². The Hall–Kier alpha value is -2.99. The summed E-state index contributed by atoms with van der Waals surface area (Å²) < 4.78 is 5.54. The Morgan fingerprint density at radius 3 is 2.71 bits per heavy atom. The second-order valence-corrected chi connectivity index (χ2v) is 6.97. The highest BCUT2D eigenvalue weighted by Gasteiger charge is 2.27. The van der Waals surface area contributed by atoms with Crippen molar-refractivity contribution >= 4 is 23.2 Å². The first-order valence-electron chi connectivity index (χ1n) is 9.60. The van der Waals surface area contributed by atoms with E-state index in [-0.39, 0.29) is 31.0 Å². The summed E-state index contributed by atoms with van der Waals surface area (Å²) in [5.41, 5.74) is 3.28. The smallest absolute Gasteiger partial charge is 0.249 e. The average molecular weight is 377 g/mol. The summed E-state index contributed by atoms with van der Waals surface area (Å²) in [6, 6.07) is 17.4. The summed E-state index contributed by atoms with van der Waals surface area (Å²) >= 11 is 0. The fourth-order valence-corrected chi connectivity index (χ4v) is 3.61. The molecule has 2 amide bonds. The molecule has 0 bridgehead atoms. The first-order chi connectivity index (χ1) is 13.7. The van der Waals surface area contributed by atoms with Crippen molar-refractivity contribution in [3.63, 3.8) is 0 Å². The zero-order valence-electron chi connectivity index (χ0n) is 15.6. The third-order valence-corrected chi connectivity index (χ3v) is 5.02. The van der Waals surface area contributed by atoms with E-state index in [2.05, 4.69) is 10.3 Å². The van der Waals surface area contributed by atoms with Crippen LogP contribution in [-0.2, 0) is 14.3 Å². The lowest BCUT2D eigenvalue weighted by Gasteiger charge is -2.23. The van der Waals surface area contributed by atoms with Crippen LogP contribution in [0.5, 0.6) is 0 Å². The summed E-state index contributed by atoms with van der Waals surface area (Å²) in [7, 11) is 0. The maximum Gasteiger partial charge on any atom is 0.249 e. The van der Waals surface area contributed by atoms with E-state index in [1.54, 1.807) is 0 Å². The maximum absolute atomic E-state index is 12.8. The molecule has 28 heavy (non-hydrogen) atoms. The van der Waals surface area contributed by atoms with Crippen LogP contribution < -0.4 is 10.2 Å². The van der Waals surface area contributed by atoms with E-state index in [1.165, 1.54) is 4.90 Å². The summed E-state index contributed by atoms with van der Waals surface area (Å²) in [4.78, 5) is 31.3. The second-order valence-electron chi connectivity index (χ2n) is 6.97. The molecular weight excluding hydrogens is 354 g/mol. The molecule has 0 aliphatic carbocycles. The van der Waals surface area contributed by atoms with Crippen molar-refractivity contribution in [1.82, 2.24) is 5.32 Å². The predicted molar refractivity (Wildman–Crippen MR) is 108 cm³/mol. The first-order valence-corrected chi connectivity index (χ1v) is 9.60. The Morgan fingerprint density at radius 2 is 1.93 bits per heavy atom. The van der Waals surface area contributed by atoms with Crippen LogP contribution in [0.4, 0.5) is 5.69 Å². The molecule has 2 aliphatic heterocycles. The van der Waals surface area contributed by atoms with Crippen LogP contribution in [0.25, 0.3) is 0 Å². The van der Waals surface area contributed by atoms with Crippen molar-refractivity contribution in [3.8, 4) is 0 Å². The molecular formula is C22H23N3O3. The van der Waals surface area contributed by atoms with Gasteiger partial charge in [0.15, 0.2) is 0 Å². The van der Waals surface area contributed by atoms with Gasteiger partial charge in [-0.1, -0.05) is 48.5 Å². The van der Waals surface area contributed by atoms with Crippen LogP contribution in [0.3, 0.4) is 0 Å². The van der Waals surface area contributed by atoms with Crippen LogP contribution in [-0.4, -0.2) is 49.9 Å². The average Bonchev–Trinajstić information content (AvgIpc) is 3.21. The van der Waals surface area contributed by atoms with Gasteiger partial charge in [-0.3, -0.25) is 14.6 Å². The third kappa shape index (κ3) is 3.97. The number of carbonyl (C=O) groups is 2. The first kappa shape index (κ1) is 18.4. The van der Waals surface area contributed by atoms with Gasteiger partial charge in [0.05, 0.1) is 17.5 Å². The van der Waals surface area contributed by atoms with Crippen molar-refractivity contribution in [2.24, 2.45) is 4.99 Å². The molecule has 4 rings (SSSR count). The number of nitrogens with one attached hydrogen (secondary N) is 1. The maximum atomic E-state index is 12.8. The third-order valence-electron chi connectivity index (χ3n) is 5.02. The Morgan fingerprint density at radius 1 is 1.14 bits per heavy atom. The molecule has 1 fully saturated rings. The van der Waals surface area contributed by atoms with Crippen LogP contribution in [0.1, 0.15) is 24.0 Å². The van der Waals surface area contributed by atoms with Gasteiger partial charge in [-0.15, -0.1) is 0 Å². The molecule has 1 atom stereocenters. The van der Waals surface area contributed by atoms with Crippen molar-refractivity contribution in [3.05, 3.63) is 65.7 Å². The summed E-state index contributed by atoms with van der Waals surface area (Å²) in [5, 5.41) is 2.89. The number of benzodiazepines with no additional fused rings is 1. The van der Waals surface area contributed by atoms with E-state index in [9.17, 15) is 9.59 Å². The fourth-order valence-electron chi connectivity index (χ4n) is 3.61. The molecule has 2 aromatic rings. The predicted octanol–water partition coefficient (Wildman–Crippen LogP) is 2.17. The molecule has 2 aliphatic rings. The van der Waals surface area contributed by atoms with Crippen LogP contribution in [0.15, 0.2) is 59.6 Å². The topological polar surface area (TPSA) is 71.0 Å². The molecule has 1 unspecified atom stereocenters. The lowest BCUT2D eigenvalue weighted by molar-refractivity contribution is -0.123. The van der Waals surface area contributed by atoms with Gasteiger partial charge in [0.1, 0.15) is 13.1 Å². The molecule has 2 heterocycles. The summed E-state index contributed by atoms with van der Waals surface area (Å²) in [5.74, 6) is -0.382. The van der Waals surface area contributed by atoms with Gasteiger partial charge < -0.3 is 15.0 Å². The van der Waals surface area contributed by atoms with E-state index in [0.717, 1.165) is 36.3 Å². The van der Waals surface area contributed by atoms with E-state index in [4.69, 9.17) is 4.74 Å². The van der Waals surface area contributed by atoms with E-state index < -0.39 is 0 Å². The number of aliphatic imine (C=N–C) groups is 1. The van der Waals surface area contributed by atoms with Gasteiger partial charge >= 0.3 is 0 Å². The number of hydrogen-bond donors (Lipinski definition) is 1. The molecule has 1 N–H and O–H groups in total. The molecule has 0 spiro atoms. The number of carbonyl (C=O) groups excluding carboxylic acids is 2. The number of anilines is 1. The minimum absolute atomic E-state index is 0.0118. The van der Waals surface area contributed by atoms with Gasteiger partial charge in [-0.05, 0) is 18.9 Å². The molecule has 0 saturated carbocycles. The van der Waals surface area contributed by atoms with Crippen molar-refractivity contribution in [2.75, 3.05) is 31.1 Å². The number of para-hydroxylation sites is 1. The number of nitrogens with zero attached hydrogens (tertiary/aromatic N) is 2. The van der Waals surface area contributed by atoms with Crippen LogP contribution in [0, 0.1) is 0 Å². The standard InChI is InChI=1S/C22H23N3O3/c26-20(23-13-17-9-6-12-28-17)15-25-19-11-5-4-10-18(19)22(24-14-21(25)27)16-7-2-1-3-8-16/h1-5,7-8,10-11,17H,6,9,12-15H2,(H,23,26). The summed E-state index contributed by atoms with van der Waals surface area (Å²) in [6.07, 6.45) is 2.06. The number of fused-ring (bicyclic) bond motifs is 1. The Kier molecular flexibility index (Phi) is 5.48. The van der Waals surface area contributed by atoms with Gasteiger partial charge in [-0.25, -0.2) is 0 Å². The lowest BCUT2D eigenvalue weighted by Crippen LogP contribution is -2.43. The molecule has 6 heteroatoms. The minimum Gasteiger partial charge on any atom is -0.376 e. The Bertz CT molecular complexity index is 889. The highest BCUT2D eigenvalue weighted by atomic mass is 16.5. The zero-order valence-corrected chi connectivity index (χ0v) is 15.6. The Balaban J connectivity index is 1.56. The second kappa shape index (κ2) is 8.35. The van der Waals surface area contributed by atoms with Gasteiger partial charge in [0.25, 0.3) is 0 Å². The van der Waals surface area contributed by atoms with Gasteiger partial charge in [0.2, 0.25) is 11.8 Å². The highest BCUT2D eigenvalue weighted by Crippen LogP contribution is 2.26. The molecule has 0 aromatic heterocycles.